The van der Waals surface area contributed by atoms with E-state index in [1.54, 1.807) is 36.4 Å². The lowest BCUT2D eigenvalue weighted by atomic mass is 10.1. The minimum absolute atomic E-state index is 0.0602. The van der Waals surface area contributed by atoms with Gasteiger partial charge in [-0.15, -0.1) is 0 Å². The van der Waals surface area contributed by atoms with Crippen molar-refractivity contribution in [1.29, 1.82) is 0 Å². The van der Waals surface area contributed by atoms with E-state index in [2.05, 4.69) is 21.2 Å². The summed E-state index contributed by atoms with van der Waals surface area (Å²) in [6, 6.07) is 11.9. The lowest BCUT2D eigenvalue weighted by Gasteiger charge is -2.08. The average Bonchev–Trinajstić information content (AvgIpc) is 2.50. The van der Waals surface area contributed by atoms with Gasteiger partial charge < -0.3 is 9.73 Å². The van der Waals surface area contributed by atoms with E-state index in [0.29, 0.717) is 21.7 Å². The first-order valence-electron chi connectivity index (χ1n) is 6.75. The van der Waals surface area contributed by atoms with E-state index in [9.17, 15) is 9.59 Å². The number of carbonyl (C=O) groups is 1. The highest BCUT2D eigenvalue weighted by Gasteiger charge is 2.15. The van der Waals surface area contributed by atoms with Crippen molar-refractivity contribution in [2.45, 2.75) is 6.92 Å². The molecule has 0 atom stereocenters. The monoisotopic (exact) mass is 391 g/mol. The van der Waals surface area contributed by atoms with Crippen molar-refractivity contribution in [1.82, 2.24) is 0 Å². The summed E-state index contributed by atoms with van der Waals surface area (Å²) in [5, 5.41) is 3.85. The van der Waals surface area contributed by atoms with Crippen molar-refractivity contribution in [3.8, 4) is 0 Å². The Morgan fingerprint density at radius 2 is 1.96 bits per heavy atom. The van der Waals surface area contributed by atoms with Crippen molar-refractivity contribution >= 4 is 50.1 Å². The maximum Gasteiger partial charge on any atom is 0.349 e. The van der Waals surface area contributed by atoms with Crippen LogP contribution in [0.5, 0.6) is 0 Å². The summed E-state index contributed by atoms with van der Waals surface area (Å²) in [5.41, 5.74) is 1.08. The molecule has 1 aromatic heterocycles. The molecule has 3 aromatic rings. The number of carbonyl (C=O) groups excluding carboxylic acids is 1. The van der Waals surface area contributed by atoms with Crippen LogP contribution in [-0.2, 0) is 0 Å². The number of halogens is 2. The van der Waals surface area contributed by atoms with Gasteiger partial charge >= 0.3 is 5.63 Å². The highest BCUT2D eigenvalue weighted by Crippen LogP contribution is 2.22. The minimum Gasteiger partial charge on any atom is -0.422 e. The molecule has 0 saturated heterocycles. The normalized spacial score (nSPS) is 10.7. The van der Waals surface area contributed by atoms with Crippen molar-refractivity contribution in [3.63, 3.8) is 0 Å². The topological polar surface area (TPSA) is 59.3 Å². The van der Waals surface area contributed by atoms with E-state index >= 15 is 0 Å². The van der Waals surface area contributed by atoms with Crippen molar-refractivity contribution in [3.05, 3.63) is 73.5 Å². The molecule has 6 heteroatoms. The lowest BCUT2D eigenvalue weighted by Crippen LogP contribution is -2.21. The molecule has 23 heavy (non-hydrogen) atoms. The first-order chi connectivity index (χ1) is 10.9. The third-order valence-corrected chi connectivity index (χ3v) is 4.12. The highest BCUT2D eigenvalue weighted by molar-refractivity contribution is 9.10. The number of fused-ring (bicyclic) bond motifs is 1. The lowest BCUT2D eigenvalue weighted by molar-refractivity contribution is 0.102. The molecule has 3 rings (SSSR count). The molecule has 1 heterocycles. The fourth-order valence-corrected chi connectivity index (χ4v) is 2.72. The molecule has 0 fully saturated rings. The third kappa shape index (κ3) is 3.30. The maximum atomic E-state index is 12.4. The number of hydrogen-bond acceptors (Lipinski definition) is 3. The third-order valence-electron chi connectivity index (χ3n) is 3.39. The number of nitrogens with one attached hydrogen (secondary N) is 1. The molecule has 2 aromatic carbocycles. The van der Waals surface area contributed by atoms with Gasteiger partial charge in [0.25, 0.3) is 5.91 Å². The van der Waals surface area contributed by atoms with E-state index in [4.69, 9.17) is 16.0 Å². The van der Waals surface area contributed by atoms with Crippen LogP contribution in [0.2, 0.25) is 5.02 Å². The summed E-state index contributed by atoms with van der Waals surface area (Å²) in [5.74, 6) is -0.536. The van der Waals surface area contributed by atoms with Gasteiger partial charge in [0.05, 0.1) is 0 Å². The van der Waals surface area contributed by atoms with Crippen LogP contribution in [0.4, 0.5) is 5.69 Å². The number of hydrogen-bond donors (Lipinski definition) is 1. The molecular weight excluding hydrogens is 382 g/mol. The van der Waals surface area contributed by atoms with Gasteiger partial charge in [-0.05, 0) is 48.9 Å². The Kier molecular flexibility index (Phi) is 4.24. The largest absolute Gasteiger partial charge is 0.422 e. The van der Waals surface area contributed by atoms with Crippen LogP contribution in [0.3, 0.4) is 0 Å². The number of rotatable bonds is 2. The highest BCUT2D eigenvalue weighted by atomic mass is 79.9. The first kappa shape index (κ1) is 15.8. The first-order valence-corrected chi connectivity index (χ1v) is 7.92. The van der Waals surface area contributed by atoms with Crippen molar-refractivity contribution in [2.75, 3.05) is 5.32 Å². The average molecular weight is 393 g/mol. The molecule has 0 radical (unpaired) electrons. The van der Waals surface area contributed by atoms with E-state index in [1.807, 2.05) is 6.92 Å². The summed E-state index contributed by atoms with van der Waals surface area (Å²) in [6.45, 7) is 1.84. The van der Waals surface area contributed by atoms with Crippen LogP contribution in [0.15, 0.2) is 56.1 Å². The standard InChI is InChI=1S/C17H11BrClNO3/c1-9-2-4-12(19)8-14(9)20-16(21)13-7-10-6-11(18)3-5-15(10)23-17(13)22/h2-8H,1H3,(H,20,21). The second-order valence-electron chi connectivity index (χ2n) is 5.04. The Bertz CT molecular complexity index is 981. The molecular formula is C17H11BrClNO3. The Hall–Kier alpha value is -2.11. The predicted molar refractivity (Wildman–Crippen MR) is 94.3 cm³/mol. The van der Waals surface area contributed by atoms with Gasteiger partial charge in [-0.2, -0.15) is 0 Å². The molecule has 0 spiro atoms. The van der Waals surface area contributed by atoms with Gasteiger partial charge in [0, 0.05) is 20.6 Å². The van der Waals surface area contributed by atoms with Gasteiger partial charge in [0.2, 0.25) is 0 Å². The van der Waals surface area contributed by atoms with Crippen LogP contribution < -0.4 is 10.9 Å². The zero-order chi connectivity index (χ0) is 16.6. The minimum atomic E-state index is -0.683. The van der Waals surface area contributed by atoms with Gasteiger partial charge in [-0.1, -0.05) is 33.6 Å². The molecule has 1 amide bonds. The zero-order valence-electron chi connectivity index (χ0n) is 12.0. The van der Waals surface area contributed by atoms with Gasteiger partial charge in [0.1, 0.15) is 11.1 Å². The number of benzene rings is 2. The van der Waals surface area contributed by atoms with Gasteiger partial charge in [0.15, 0.2) is 0 Å². The van der Waals surface area contributed by atoms with E-state index in [-0.39, 0.29) is 5.56 Å². The predicted octanol–water partition coefficient (Wildman–Crippen LogP) is 4.77. The Labute approximate surface area is 145 Å². The molecule has 1 N–H and O–H groups in total. The van der Waals surface area contributed by atoms with Crippen LogP contribution in [0.25, 0.3) is 11.0 Å². The summed E-state index contributed by atoms with van der Waals surface area (Å²) >= 11 is 9.29. The summed E-state index contributed by atoms with van der Waals surface area (Å²) in [4.78, 5) is 24.4. The Morgan fingerprint density at radius 1 is 1.17 bits per heavy atom. The smallest absolute Gasteiger partial charge is 0.349 e. The van der Waals surface area contributed by atoms with Gasteiger partial charge in [-0.3, -0.25) is 4.79 Å². The Morgan fingerprint density at radius 3 is 2.74 bits per heavy atom. The molecule has 0 aliphatic rings. The molecule has 4 nitrogen and oxygen atoms in total. The number of aryl methyl sites for hydroxylation is 1. The molecule has 0 unspecified atom stereocenters. The maximum absolute atomic E-state index is 12.4. The van der Waals surface area contributed by atoms with Crippen LogP contribution >= 0.6 is 27.5 Å². The zero-order valence-corrected chi connectivity index (χ0v) is 14.4. The molecule has 116 valence electrons. The molecule has 0 aliphatic heterocycles. The van der Waals surface area contributed by atoms with E-state index < -0.39 is 11.5 Å². The molecule has 0 saturated carbocycles. The van der Waals surface area contributed by atoms with Crippen molar-refractivity contribution < 1.29 is 9.21 Å². The van der Waals surface area contributed by atoms with Gasteiger partial charge in [-0.25, -0.2) is 4.79 Å². The molecule has 0 aliphatic carbocycles. The second-order valence-corrected chi connectivity index (χ2v) is 6.40. The van der Waals surface area contributed by atoms with Crippen LogP contribution in [0.1, 0.15) is 15.9 Å². The Balaban J connectivity index is 2.02. The fraction of sp³-hybridized carbons (Fsp3) is 0.0588. The second kappa shape index (κ2) is 6.18. The summed E-state index contributed by atoms with van der Waals surface area (Å²) in [6.07, 6.45) is 0. The summed E-state index contributed by atoms with van der Waals surface area (Å²) < 4.78 is 6.03. The number of anilines is 1. The van der Waals surface area contributed by atoms with Crippen LogP contribution in [-0.4, -0.2) is 5.91 Å². The molecule has 0 bridgehead atoms. The summed E-state index contributed by atoms with van der Waals surface area (Å²) in [7, 11) is 0. The van der Waals surface area contributed by atoms with E-state index in [0.717, 1.165) is 10.0 Å². The van der Waals surface area contributed by atoms with Crippen molar-refractivity contribution in [2.24, 2.45) is 0 Å². The van der Waals surface area contributed by atoms with Crippen LogP contribution in [0, 0.1) is 6.92 Å². The fourth-order valence-electron chi connectivity index (χ4n) is 2.17. The number of amides is 1. The van der Waals surface area contributed by atoms with E-state index in [1.165, 1.54) is 6.07 Å². The quantitative estimate of drug-likeness (QED) is 0.639. The SMILES string of the molecule is Cc1ccc(Cl)cc1NC(=O)c1cc2cc(Br)ccc2oc1=O.